The van der Waals surface area contributed by atoms with Gasteiger partial charge in [0.1, 0.15) is 12.4 Å². The summed E-state index contributed by atoms with van der Waals surface area (Å²) in [5.41, 5.74) is 1.88. The summed E-state index contributed by atoms with van der Waals surface area (Å²) in [7, 11) is 0. The maximum absolute atomic E-state index is 10.8. The zero-order valence-electron chi connectivity index (χ0n) is 12.1. The Balaban J connectivity index is 2.84. The second-order valence-corrected chi connectivity index (χ2v) is 4.62. The van der Waals surface area contributed by atoms with Crippen molar-refractivity contribution >= 4 is 5.69 Å². The molecule has 1 aromatic rings. The second kappa shape index (κ2) is 8.32. The van der Waals surface area contributed by atoms with Gasteiger partial charge in [0.2, 0.25) is 0 Å². The molecule has 0 saturated heterocycles. The van der Waals surface area contributed by atoms with Gasteiger partial charge in [0.25, 0.3) is 5.69 Å². The topological polar surface area (TPSA) is 64.4 Å². The molecule has 0 aliphatic heterocycles. The molecule has 5 nitrogen and oxygen atoms in total. The van der Waals surface area contributed by atoms with Crippen LogP contribution in [0.2, 0.25) is 0 Å². The highest BCUT2D eigenvalue weighted by Gasteiger charge is 2.11. The van der Waals surface area contributed by atoms with Crippen LogP contribution in [0.15, 0.2) is 30.4 Å². The molecular formula is C15H22N2O3. The van der Waals surface area contributed by atoms with Crippen molar-refractivity contribution in [1.82, 2.24) is 5.32 Å². The molecule has 0 unspecified atom stereocenters. The molecule has 1 rings (SSSR count). The van der Waals surface area contributed by atoms with Crippen LogP contribution in [-0.4, -0.2) is 18.1 Å². The number of nitro benzene ring substituents is 1. The van der Waals surface area contributed by atoms with E-state index < -0.39 is 4.92 Å². The van der Waals surface area contributed by atoms with E-state index >= 15 is 0 Å². The van der Waals surface area contributed by atoms with Crippen LogP contribution < -0.4 is 10.1 Å². The van der Waals surface area contributed by atoms with Gasteiger partial charge in [0.15, 0.2) is 0 Å². The van der Waals surface area contributed by atoms with Crippen LogP contribution in [0.4, 0.5) is 5.69 Å². The smallest absolute Gasteiger partial charge is 0.270 e. The minimum Gasteiger partial charge on any atom is -0.489 e. The number of rotatable bonds is 9. The third-order valence-corrected chi connectivity index (χ3v) is 2.93. The lowest BCUT2D eigenvalue weighted by molar-refractivity contribution is -0.384. The first-order chi connectivity index (χ1) is 9.58. The molecule has 5 heteroatoms. The third-order valence-electron chi connectivity index (χ3n) is 2.93. The minimum atomic E-state index is -0.391. The van der Waals surface area contributed by atoms with E-state index in [-0.39, 0.29) is 5.69 Å². The van der Waals surface area contributed by atoms with Crippen LogP contribution in [0.3, 0.4) is 0 Å². The number of nitrogens with zero attached hydrogens (tertiary/aromatic N) is 1. The molecule has 0 aliphatic carbocycles. The first-order valence-electron chi connectivity index (χ1n) is 6.86. The van der Waals surface area contributed by atoms with E-state index in [0.717, 1.165) is 30.5 Å². The highest BCUT2D eigenvalue weighted by Crippen LogP contribution is 2.24. The minimum absolute atomic E-state index is 0.0833. The van der Waals surface area contributed by atoms with Gasteiger partial charge in [-0.1, -0.05) is 20.4 Å². The molecule has 0 amide bonds. The van der Waals surface area contributed by atoms with Gasteiger partial charge in [-0.15, -0.1) is 0 Å². The molecule has 1 aromatic carbocycles. The summed E-state index contributed by atoms with van der Waals surface area (Å²) in [6.45, 7) is 9.85. The number of hydrogen-bond donors (Lipinski definition) is 1. The van der Waals surface area contributed by atoms with E-state index in [0.29, 0.717) is 18.9 Å². The fourth-order valence-electron chi connectivity index (χ4n) is 1.64. The predicted octanol–water partition coefficient (Wildman–Crippen LogP) is 3.44. The third kappa shape index (κ3) is 5.01. The van der Waals surface area contributed by atoms with Crippen molar-refractivity contribution in [3.63, 3.8) is 0 Å². The Bertz CT molecular complexity index is 472. The van der Waals surface area contributed by atoms with E-state index in [9.17, 15) is 10.1 Å². The standard InChI is InChI=1S/C15H22N2O3/c1-4-8-16-10-13-9-14(17(18)19)6-7-15(13)20-11-12(3)5-2/h6-7,9,16H,3-5,8,10-11H2,1-2H3. The molecule has 0 aromatic heterocycles. The fraction of sp³-hybridized carbons (Fsp3) is 0.467. The first kappa shape index (κ1) is 16.2. The van der Waals surface area contributed by atoms with Gasteiger partial charge >= 0.3 is 0 Å². The maximum atomic E-state index is 10.8. The zero-order chi connectivity index (χ0) is 15.0. The Morgan fingerprint density at radius 3 is 2.80 bits per heavy atom. The predicted molar refractivity (Wildman–Crippen MR) is 80.0 cm³/mol. The molecule has 20 heavy (non-hydrogen) atoms. The molecule has 0 radical (unpaired) electrons. The summed E-state index contributed by atoms with van der Waals surface area (Å²) in [6, 6.07) is 4.68. The van der Waals surface area contributed by atoms with Crippen LogP contribution in [0.1, 0.15) is 32.3 Å². The van der Waals surface area contributed by atoms with Crippen molar-refractivity contribution in [2.24, 2.45) is 0 Å². The molecule has 0 heterocycles. The Kier molecular flexibility index (Phi) is 6.73. The normalized spacial score (nSPS) is 10.3. The number of nitro groups is 1. The van der Waals surface area contributed by atoms with Crippen molar-refractivity contribution in [1.29, 1.82) is 0 Å². The highest BCUT2D eigenvalue weighted by molar-refractivity contribution is 5.44. The lowest BCUT2D eigenvalue weighted by Crippen LogP contribution is -2.15. The molecule has 0 fully saturated rings. The maximum Gasteiger partial charge on any atom is 0.270 e. The van der Waals surface area contributed by atoms with Crippen molar-refractivity contribution < 1.29 is 9.66 Å². The molecular weight excluding hydrogens is 256 g/mol. The molecule has 1 N–H and O–H groups in total. The first-order valence-corrected chi connectivity index (χ1v) is 6.86. The summed E-state index contributed by atoms with van der Waals surface area (Å²) in [4.78, 5) is 10.4. The van der Waals surface area contributed by atoms with Crippen molar-refractivity contribution in [3.8, 4) is 5.75 Å². The van der Waals surface area contributed by atoms with Gasteiger partial charge < -0.3 is 10.1 Å². The number of benzene rings is 1. The van der Waals surface area contributed by atoms with Gasteiger partial charge in [0, 0.05) is 24.2 Å². The van der Waals surface area contributed by atoms with Crippen LogP contribution in [0, 0.1) is 10.1 Å². The Hall–Kier alpha value is -1.88. The monoisotopic (exact) mass is 278 g/mol. The van der Waals surface area contributed by atoms with E-state index in [2.05, 4.69) is 18.8 Å². The van der Waals surface area contributed by atoms with Gasteiger partial charge in [-0.05, 0) is 31.0 Å². The SMILES string of the molecule is C=C(CC)COc1ccc([N+](=O)[O-])cc1CNCCC. The molecule has 110 valence electrons. The van der Waals surface area contributed by atoms with E-state index in [1.165, 1.54) is 6.07 Å². The summed E-state index contributed by atoms with van der Waals surface area (Å²) >= 11 is 0. The average Bonchev–Trinajstić information content (AvgIpc) is 2.45. The average molecular weight is 278 g/mol. The zero-order valence-corrected chi connectivity index (χ0v) is 12.1. The van der Waals surface area contributed by atoms with Crippen molar-refractivity contribution in [2.75, 3.05) is 13.2 Å². The van der Waals surface area contributed by atoms with Gasteiger partial charge in [-0.25, -0.2) is 0 Å². The fourth-order valence-corrected chi connectivity index (χ4v) is 1.64. The summed E-state index contributed by atoms with van der Waals surface area (Å²) in [5.74, 6) is 0.675. The quantitative estimate of drug-likeness (QED) is 0.325. The number of nitrogens with one attached hydrogen (secondary N) is 1. The lowest BCUT2D eigenvalue weighted by Gasteiger charge is -2.12. The van der Waals surface area contributed by atoms with E-state index in [4.69, 9.17) is 4.74 Å². The largest absolute Gasteiger partial charge is 0.489 e. The van der Waals surface area contributed by atoms with Crippen LogP contribution in [-0.2, 0) is 6.54 Å². The van der Waals surface area contributed by atoms with E-state index in [1.807, 2.05) is 6.92 Å². The number of non-ortho nitro benzene ring substituents is 1. The van der Waals surface area contributed by atoms with Gasteiger partial charge in [0.05, 0.1) is 4.92 Å². The Morgan fingerprint density at radius 2 is 2.20 bits per heavy atom. The molecule has 0 bridgehead atoms. The van der Waals surface area contributed by atoms with Gasteiger partial charge in [-0.2, -0.15) is 0 Å². The summed E-state index contributed by atoms with van der Waals surface area (Å²) in [5, 5.41) is 14.1. The van der Waals surface area contributed by atoms with Crippen LogP contribution in [0.25, 0.3) is 0 Å². The van der Waals surface area contributed by atoms with Crippen LogP contribution >= 0.6 is 0 Å². The van der Waals surface area contributed by atoms with Gasteiger partial charge in [-0.3, -0.25) is 10.1 Å². The Morgan fingerprint density at radius 1 is 1.45 bits per heavy atom. The van der Waals surface area contributed by atoms with E-state index in [1.54, 1.807) is 12.1 Å². The molecule has 0 saturated carbocycles. The molecule has 0 spiro atoms. The molecule has 0 atom stereocenters. The summed E-state index contributed by atoms with van der Waals surface area (Å²) in [6.07, 6.45) is 1.87. The lowest BCUT2D eigenvalue weighted by atomic mass is 10.1. The van der Waals surface area contributed by atoms with Crippen LogP contribution in [0.5, 0.6) is 5.75 Å². The number of ether oxygens (including phenoxy) is 1. The molecule has 0 aliphatic rings. The summed E-state index contributed by atoms with van der Waals surface area (Å²) < 4.78 is 5.69. The second-order valence-electron chi connectivity index (χ2n) is 4.62. The highest BCUT2D eigenvalue weighted by atomic mass is 16.6. The van der Waals surface area contributed by atoms with Crippen molar-refractivity contribution in [3.05, 3.63) is 46.0 Å². The van der Waals surface area contributed by atoms with Crippen molar-refractivity contribution in [2.45, 2.75) is 33.2 Å². The Labute approximate surface area is 119 Å². The number of hydrogen-bond acceptors (Lipinski definition) is 4.